The van der Waals surface area contributed by atoms with Crippen molar-refractivity contribution in [1.29, 1.82) is 0 Å². The zero-order valence-electron chi connectivity index (χ0n) is 22.5. The molecule has 0 bridgehead atoms. The van der Waals surface area contributed by atoms with E-state index in [0.29, 0.717) is 18.4 Å². The third kappa shape index (κ3) is 7.19. The molecular weight excluding hydrogens is 464 g/mol. The first kappa shape index (κ1) is 27.9. The van der Waals surface area contributed by atoms with E-state index in [0.717, 1.165) is 46.2 Å². The van der Waals surface area contributed by atoms with E-state index in [1.165, 1.54) is 0 Å². The third-order valence-electron chi connectivity index (χ3n) is 6.91. The molecule has 3 rings (SSSR count). The fourth-order valence-corrected chi connectivity index (χ4v) is 4.78. The van der Waals surface area contributed by atoms with Gasteiger partial charge in [-0.15, -0.1) is 0 Å². The Labute approximate surface area is 219 Å². The molecule has 2 aromatic carbocycles. The van der Waals surface area contributed by atoms with Crippen LogP contribution in [0.15, 0.2) is 59.5 Å². The Morgan fingerprint density at radius 1 is 0.973 bits per heavy atom. The van der Waals surface area contributed by atoms with Crippen molar-refractivity contribution in [3.8, 4) is 0 Å². The summed E-state index contributed by atoms with van der Waals surface area (Å²) >= 11 is 0. The van der Waals surface area contributed by atoms with Crippen LogP contribution in [0.25, 0.3) is 0 Å². The highest BCUT2D eigenvalue weighted by Crippen LogP contribution is 2.23. The van der Waals surface area contributed by atoms with Crippen LogP contribution in [-0.2, 0) is 16.0 Å². The van der Waals surface area contributed by atoms with E-state index < -0.39 is 18.1 Å². The smallest absolute Gasteiger partial charge is 0.305 e. The molecule has 196 valence electrons. The highest BCUT2D eigenvalue weighted by molar-refractivity contribution is 5.81. The number of carboxylic acids is 1. The number of pyridine rings is 1. The Morgan fingerprint density at radius 2 is 1.62 bits per heavy atom. The number of aliphatic carboxylic acids is 1. The minimum absolute atomic E-state index is 0.186. The van der Waals surface area contributed by atoms with Crippen LogP contribution in [0, 0.1) is 27.7 Å². The number of hydrogen-bond acceptors (Lipinski definition) is 3. The van der Waals surface area contributed by atoms with E-state index in [9.17, 15) is 19.5 Å². The summed E-state index contributed by atoms with van der Waals surface area (Å²) in [5.74, 6) is -1.34. The minimum atomic E-state index is -1.00. The number of nitrogens with one attached hydrogen (secondary N) is 1. The van der Waals surface area contributed by atoms with Crippen molar-refractivity contribution in [2.45, 2.75) is 78.8 Å². The molecule has 2 N–H and O–H groups in total. The SMILES string of the molecule is CCCC[C@@H](C(=O)N[C@@H](CC(=O)O)c1ccc(C)cc1)n1cc(C)cc(Cc2c(C)cccc2C)c1=O. The molecule has 6 nitrogen and oxygen atoms in total. The number of hydrogen-bond donors (Lipinski definition) is 2. The van der Waals surface area contributed by atoms with Gasteiger partial charge in [-0.25, -0.2) is 0 Å². The number of nitrogens with zero attached hydrogens (tertiary/aromatic N) is 1. The summed E-state index contributed by atoms with van der Waals surface area (Å²) in [6, 6.07) is 14.1. The molecule has 1 amide bonds. The number of carbonyl (C=O) groups is 2. The standard InChI is InChI=1S/C31H38N2O4/c1-6-7-11-28(30(36)32-27(18-29(34)35)24-14-12-20(2)13-15-24)33-19-21(3)16-25(31(33)37)17-26-22(4)9-8-10-23(26)5/h8-10,12-16,19,27-28H,6-7,11,17-18H2,1-5H3,(H,32,36)(H,34,35)/t27-,28-/m0/s1. The highest BCUT2D eigenvalue weighted by Gasteiger charge is 2.26. The van der Waals surface area contributed by atoms with Gasteiger partial charge in [-0.1, -0.05) is 67.8 Å². The van der Waals surface area contributed by atoms with Gasteiger partial charge < -0.3 is 15.0 Å². The normalized spacial score (nSPS) is 12.7. The number of rotatable bonds is 11. The molecular formula is C31H38N2O4. The number of amides is 1. The Morgan fingerprint density at radius 3 is 2.22 bits per heavy atom. The molecule has 0 unspecified atom stereocenters. The van der Waals surface area contributed by atoms with E-state index in [2.05, 4.69) is 5.32 Å². The molecule has 0 aliphatic heterocycles. The van der Waals surface area contributed by atoms with Crippen LogP contribution in [0.5, 0.6) is 0 Å². The lowest BCUT2D eigenvalue weighted by molar-refractivity contribution is -0.137. The third-order valence-corrected chi connectivity index (χ3v) is 6.91. The van der Waals surface area contributed by atoms with E-state index in [-0.39, 0.29) is 17.9 Å². The molecule has 0 fully saturated rings. The first-order valence-corrected chi connectivity index (χ1v) is 13.0. The molecule has 0 aliphatic rings. The topological polar surface area (TPSA) is 88.4 Å². The molecule has 0 spiro atoms. The molecule has 0 saturated carbocycles. The summed E-state index contributed by atoms with van der Waals surface area (Å²) in [7, 11) is 0. The predicted molar refractivity (Wildman–Crippen MR) is 147 cm³/mol. The zero-order chi connectivity index (χ0) is 27.1. The maximum Gasteiger partial charge on any atom is 0.305 e. The molecule has 1 heterocycles. The van der Waals surface area contributed by atoms with Gasteiger partial charge in [0.2, 0.25) is 5.91 Å². The lowest BCUT2D eigenvalue weighted by Gasteiger charge is -2.25. The summed E-state index contributed by atoms with van der Waals surface area (Å²) in [6.07, 6.45) is 4.12. The first-order chi connectivity index (χ1) is 17.6. The Hall–Kier alpha value is -3.67. The molecule has 2 atom stereocenters. The number of aryl methyl sites for hydroxylation is 4. The number of aromatic nitrogens is 1. The summed E-state index contributed by atoms with van der Waals surface area (Å²) < 4.78 is 1.55. The number of benzene rings is 2. The zero-order valence-corrected chi connectivity index (χ0v) is 22.5. The summed E-state index contributed by atoms with van der Waals surface area (Å²) in [6.45, 7) is 10.0. The van der Waals surface area contributed by atoms with Crippen LogP contribution < -0.4 is 10.9 Å². The summed E-state index contributed by atoms with van der Waals surface area (Å²) in [5.41, 5.74) is 6.50. The molecule has 0 aliphatic carbocycles. The molecule has 0 saturated heterocycles. The highest BCUT2D eigenvalue weighted by atomic mass is 16.4. The van der Waals surface area contributed by atoms with Gasteiger partial charge in [-0.2, -0.15) is 0 Å². The van der Waals surface area contributed by atoms with Crippen LogP contribution in [0.4, 0.5) is 0 Å². The van der Waals surface area contributed by atoms with Crippen molar-refractivity contribution < 1.29 is 14.7 Å². The lowest BCUT2D eigenvalue weighted by atomic mass is 9.96. The van der Waals surface area contributed by atoms with Gasteiger partial charge in [0.05, 0.1) is 12.5 Å². The largest absolute Gasteiger partial charge is 0.481 e. The number of unbranched alkanes of at least 4 members (excludes halogenated alkanes) is 1. The van der Waals surface area contributed by atoms with Crippen molar-refractivity contribution in [1.82, 2.24) is 9.88 Å². The van der Waals surface area contributed by atoms with Gasteiger partial charge >= 0.3 is 5.97 Å². The first-order valence-electron chi connectivity index (χ1n) is 13.0. The quantitative estimate of drug-likeness (QED) is 0.350. The fourth-order valence-electron chi connectivity index (χ4n) is 4.78. The number of carboxylic acid groups (broad SMARTS) is 1. The Kier molecular flexibility index (Phi) is 9.45. The van der Waals surface area contributed by atoms with Gasteiger partial charge in [0.15, 0.2) is 0 Å². The van der Waals surface area contributed by atoms with Crippen LogP contribution in [0.3, 0.4) is 0 Å². The second-order valence-corrected chi connectivity index (χ2v) is 10.0. The lowest BCUT2D eigenvalue weighted by Crippen LogP contribution is -2.40. The van der Waals surface area contributed by atoms with E-state index in [4.69, 9.17) is 0 Å². The van der Waals surface area contributed by atoms with Gasteiger partial charge in [0.1, 0.15) is 6.04 Å². The summed E-state index contributed by atoms with van der Waals surface area (Å²) in [5, 5.41) is 12.5. The second kappa shape index (κ2) is 12.5. The van der Waals surface area contributed by atoms with Crippen molar-refractivity contribution in [2.24, 2.45) is 0 Å². The Balaban J connectivity index is 1.99. The van der Waals surface area contributed by atoms with Gasteiger partial charge in [0, 0.05) is 18.2 Å². The average Bonchev–Trinajstić information content (AvgIpc) is 2.84. The van der Waals surface area contributed by atoms with Crippen LogP contribution >= 0.6 is 0 Å². The second-order valence-electron chi connectivity index (χ2n) is 10.0. The molecule has 3 aromatic rings. The number of carbonyl (C=O) groups excluding carboxylic acids is 1. The van der Waals surface area contributed by atoms with Gasteiger partial charge in [0.25, 0.3) is 5.56 Å². The molecule has 0 radical (unpaired) electrons. The van der Waals surface area contributed by atoms with Crippen LogP contribution in [0.1, 0.15) is 83.6 Å². The summed E-state index contributed by atoms with van der Waals surface area (Å²) in [4.78, 5) is 39.0. The van der Waals surface area contributed by atoms with Crippen LogP contribution in [-0.4, -0.2) is 21.6 Å². The van der Waals surface area contributed by atoms with E-state index >= 15 is 0 Å². The minimum Gasteiger partial charge on any atom is -0.481 e. The predicted octanol–water partition coefficient (Wildman–Crippen LogP) is 5.74. The molecule has 37 heavy (non-hydrogen) atoms. The maximum absolute atomic E-state index is 13.7. The maximum atomic E-state index is 13.7. The Bertz CT molecular complexity index is 1290. The molecule has 6 heteroatoms. The van der Waals surface area contributed by atoms with Gasteiger partial charge in [-0.05, 0) is 68.0 Å². The van der Waals surface area contributed by atoms with Gasteiger partial charge in [-0.3, -0.25) is 14.4 Å². The average molecular weight is 503 g/mol. The van der Waals surface area contributed by atoms with E-state index in [1.807, 2.05) is 83.1 Å². The van der Waals surface area contributed by atoms with Crippen molar-refractivity contribution in [3.63, 3.8) is 0 Å². The van der Waals surface area contributed by atoms with Crippen LogP contribution in [0.2, 0.25) is 0 Å². The molecule has 1 aromatic heterocycles. The van der Waals surface area contributed by atoms with Crippen molar-refractivity contribution >= 4 is 11.9 Å². The van der Waals surface area contributed by atoms with Crippen molar-refractivity contribution in [2.75, 3.05) is 0 Å². The fraction of sp³-hybridized carbons (Fsp3) is 0.387. The van der Waals surface area contributed by atoms with E-state index in [1.54, 1.807) is 10.8 Å². The monoisotopic (exact) mass is 502 g/mol. The van der Waals surface area contributed by atoms with Crippen molar-refractivity contribution in [3.05, 3.63) is 104 Å².